The van der Waals surface area contributed by atoms with Crippen molar-refractivity contribution >= 4 is 18.0 Å². The minimum atomic E-state index is -0.0594. The van der Waals surface area contributed by atoms with Gasteiger partial charge in [-0.05, 0) is 39.7 Å². The van der Waals surface area contributed by atoms with E-state index < -0.39 is 0 Å². The summed E-state index contributed by atoms with van der Waals surface area (Å²) in [7, 11) is 2.00. The molecule has 0 aromatic rings. The van der Waals surface area contributed by atoms with Crippen molar-refractivity contribution in [2.45, 2.75) is 65.8 Å². The molecule has 1 aliphatic rings. The Kier molecular flexibility index (Phi) is 21.7. The van der Waals surface area contributed by atoms with Crippen molar-refractivity contribution in [3.05, 3.63) is 0 Å². The van der Waals surface area contributed by atoms with Crippen LogP contribution in [0, 0.1) is 5.92 Å². The molecule has 0 heterocycles. The van der Waals surface area contributed by atoms with E-state index >= 15 is 0 Å². The first-order valence-corrected chi connectivity index (χ1v) is 10.0. The number of carbonyl (C=O) groups is 3. The molecule has 0 bridgehead atoms. The Morgan fingerprint density at radius 2 is 1.52 bits per heavy atom. The minimum Gasteiger partial charge on any atom is -0.379 e. The lowest BCUT2D eigenvalue weighted by atomic mass is 9.84. The van der Waals surface area contributed by atoms with Crippen molar-refractivity contribution in [2.24, 2.45) is 5.92 Å². The van der Waals surface area contributed by atoms with Gasteiger partial charge in [-0.25, -0.2) is 0 Å². The van der Waals surface area contributed by atoms with E-state index in [1.165, 1.54) is 19.8 Å². The lowest BCUT2D eigenvalue weighted by Gasteiger charge is -2.26. The molecular formula is C20H40N2O5. The molecule has 0 unspecified atom stereocenters. The second-order valence-electron chi connectivity index (χ2n) is 6.11. The summed E-state index contributed by atoms with van der Waals surface area (Å²) in [5.74, 6) is 0.676. The third kappa shape index (κ3) is 19.3. The van der Waals surface area contributed by atoms with Crippen molar-refractivity contribution in [3.63, 3.8) is 0 Å². The van der Waals surface area contributed by atoms with E-state index in [0.29, 0.717) is 57.1 Å². The van der Waals surface area contributed by atoms with Gasteiger partial charge in [-0.3, -0.25) is 9.59 Å². The van der Waals surface area contributed by atoms with Crippen LogP contribution in [-0.4, -0.2) is 64.0 Å². The zero-order chi connectivity index (χ0) is 20.9. The van der Waals surface area contributed by atoms with Crippen LogP contribution in [0.5, 0.6) is 0 Å². The van der Waals surface area contributed by atoms with Crippen LogP contribution in [0.15, 0.2) is 0 Å². The van der Waals surface area contributed by atoms with Crippen LogP contribution in [0.2, 0.25) is 0 Å². The molecular weight excluding hydrogens is 348 g/mol. The number of ketones is 1. The molecule has 0 aromatic heterocycles. The molecule has 0 aliphatic heterocycles. The Bertz CT molecular complexity index is 369. The molecule has 0 aromatic carbocycles. The van der Waals surface area contributed by atoms with Crippen LogP contribution in [-0.2, 0) is 23.9 Å². The van der Waals surface area contributed by atoms with E-state index in [0.717, 1.165) is 19.1 Å². The molecule has 27 heavy (non-hydrogen) atoms. The molecule has 0 spiro atoms. The van der Waals surface area contributed by atoms with Crippen molar-refractivity contribution in [2.75, 3.05) is 40.0 Å². The number of hydrogen-bond acceptors (Lipinski definition) is 6. The van der Waals surface area contributed by atoms with E-state index in [1.807, 2.05) is 20.9 Å². The molecule has 0 atom stereocenters. The quantitative estimate of drug-likeness (QED) is 0.416. The third-order valence-corrected chi connectivity index (χ3v) is 4.08. The zero-order valence-corrected chi connectivity index (χ0v) is 17.8. The molecule has 0 saturated heterocycles. The smallest absolute Gasteiger partial charge is 0.216 e. The van der Waals surface area contributed by atoms with Crippen LogP contribution < -0.4 is 10.6 Å². The van der Waals surface area contributed by atoms with Gasteiger partial charge in [-0.1, -0.05) is 13.8 Å². The first-order valence-electron chi connectivity index (χ1n) is 10.0. The van der Waals surface area contributed by atoms with Gasteiger partial charge in [-0.15, -0.1) is 0 Å². The Morgan fingerprint density at radius 1 is 0.963 bits per heavy atom. The number of hydrogen-bond donors (Lipinski definition) is 2. The molecule has 160 valence electrons. The van der Waals surface area contributed by atoms with E-state index in [-0.39, 0.29) is 5.91 Å². The second-order valence-corrected chi connectivity index (χ2v) is 6.11. The number of Topliss-reactive ketones (excluding diaryl/α,β-unsaturated/α-hetero) is 1. The van der Waals surface area contributed by atoms with Crippen LogP contribution in [0.25, 0.3) is 0 Å². The lowest BCUT2D eigenvalue weighted by molar-refractivity contribution is -0.122. The fourth-order valence-electron chi connectivity index (χ4n) is 2.54. The summed E-state index contributed by atoms with van der Waals surface area (Å²) in [5, 5.41) is 5.86. The van der Waals surface area contributed by atoms with Gasteiger partial charge >= 0.3 is 0 Å². The number of rotatable bonds is 11. The van der Waals surface area contributed by atoms with E-state index in [9.17, 15) is 14.4 Å². The second kappa shape index (κ2) is 21.0. The summed E-state index contributed by atoms with van der Waals surface area (Å²) in [6, 6.07) is 0.658. The average Bonchev–Trinajstić information content (AvgIpc) is 2.68. The van der Waals surface area contributed by atoms with E-state index in [1.54, 1.807) is 6.92 Å². The maximum atomic E-state index is 11.0. The Morgan fingerprint density at radius 3 is 1.96 bits per heavy atom. The van der Waals surface area contributed by atoms with Crippen LogP contribution in [0.1, 0.15) is 59.8 Å². The molecule has 1 rings (SSSR count). The summed E-state index contributed by atoms with van der Waals surface area (Å²) < 4.78 is 10.2. The molecule has 1 fully saturated rings. The summed E-state index contributed by atoms with van der Waals surface area (Å²) in [6.45, 7) is 9.58. The fraction of sp³-hybridized carbons (Fsp3) is 0.850. The fourth-order valence-corrected chi connectivity index (χ4v) is 2.54. The van der Waals surface area contributed by atoms with Gasteiger partial charge in [0.1, 0.15) is 12.1 Å². The highest BCUT2D eigenvalue weighted by Gasteiger charge is 2.22. The van der Waals surface area contributed by atoms with Gasteiger partial charge < -0.3 is 24.9 Å². The zero-order valence-electron chi connectivity index (χ0n) is 17.8. The molecule has 0 radical (unpaired) electrons. The van der Waals surface area contributed by atoms with Crippen LogP contribution in [0.3, 0.4) is 0 Å². The standard InChI is InChI=1S/C9H17NO4.C9H17NO.C2H6/c1-9(12)10-3-6-14-8-7-13-5-2-4-11;1-7(11)8-3-5-9(10-2)6-4-8;1-2/h4H,2-3,5-8H2,1H3,(H,10,12);8-10H,3-6H2,1-2H3;1-2H3. The first-order chi connectivity index (χ1) is 13.0. The summed E-state index contributed by atoms with van der Waals surface area (Å²) in [6.07, 6.45) is 5.74. The lowest BCUT2D eigenvalue weighted by Crippen LogP contribution is -2.31. The third-order valence-electron chi connectivity index (χ3n) is 4.08. The maximum Gasteiger partial charge on any atom is 0.216 e. The van der Waals surface area contributed by atoms with Gasteiger partial charge in [0, 0.05) is 31.8 Å². The van der Waals surface area contributed by atoms with Crippen LogP contribution >= 0.6 is 0 Å². The van der Waals surface area contributed by atoms with Gasteiger partial charge in [-0.2, -0.15) is 0 Å². The molecule has 7 heteroatoms. The van der Waals surface area contributed by atoms with Crippen molar-refractivity contribution in [1.82, 2.24) is 10.6 Å². The number of ether oxygens (including phenoxy) is 2. The highest BCUT2D eigenvalue weighted by atomic mass is 16.5. The monoisotopic (exact) mass is 388 g/mol. The predicted octanol–water partition coefficient (Wildman–Crippen LogP) is 2.12. The predicted molar refractivity (Wildman–Crippen MR) is 108 cm³/mol. The molecule has 2 N–H and O–H groups in total. The largest absolute Gasteiger partial charge is 0.379 e. The number of nitrogens with one attached hydrogen (secondary N) is 2. The summed E-state index contributed by atoms with van der Waals surface area (Å²) >= 11 is 0. The minimum absolute atomic E-state index is 0.0594. The number of aldehydes is 1. The summed E-state index contributed by atoms with van der Waals surface area (Å²) in [4.78, 5) is 31.3. The first kappa shape index (κ1) is 27.9. The van der Waals surface area contributed by atoms with E-state index in [2.05, 4.69) is 10.6 Å². The molecule has 1 aliphatic carbocycles. The maximum absolute atomic E-state index is 11.0. The van der Waals surface area contributed by atoms with Gasteiger partial charge in [0.15, 0.2) is 0 Å². The SMILES string of the molecule is CC.CC(=O)NCCOCCOCCC=O.CNC1CCC(C(C)=O)CC1. The topological polar surface area (TPSA) is 93.7 Å². The van der Waals surface area contributed by atoms with Crippen LogP contribution in [0.4, 0.5) is 0 Å². The Balaban J connectivity index is 0. The summed E-state index contributed by atoms with van der Waals surface area (Å²) in [5.41, 5.74) is 0. The highest BCUT2D eigenvalue weighted by molar-refractivity contribution is 5.78. The van der Waals surface area contributed by atoms with E-state index in [4.69, 9.17) is 9.47 Å². The number of carbonyl (C=O) groups excluding carboxylic acids is 3. The van der Waals surface area contributed by atoms with Gasteiger partial charge in [0.2, 0.25) is 5.91 Å². The van der Waals surface area contributed by atoms with Crippen molar-refractivity contribution < 1.29 is 23.9 Å². The Labute approximate surface area is 164 Å². The average molecular weight is 389 g/mol. The molecule has 1 amide bonds. The highest BCUT2D eigenvalue weighted by Crippen LogP contribution is 2.24. The normalized spacial score (nSPS) is 18.3. The van der Waals surface area contributed by atoms with Crippen molar-refractivity contribution in [1.29, 1.82) is 0 Å². The van der Waals surface area contributed by atoms with Gasteiger partial charge in [0.25, 0.3) is 0 Å². The molecule has 1 saturated carbocycles. The number of amides is 1. The Hall–Kier alpha value is -1.31. The van der Waals surface area contributed by atoms with Gasteiger partial charge in [0.05, 0.1) is 26.4 Å². The van der Waals surface area contributed by atoms with Crippen molar-refractivity contribution in [3.8, 4) is 0 Å². The molecule has 7 nitrogen and oxygen atoms in total.